The molecule has 4 rings (SSSR count). The van der Waals surface area contributed by atoms with Crippen LogP contribution in [0.3, 0.4) is 0 Å². The van der Waals surface area contributed by atoms with Crippen molar-refractivity contribution in [2.45, 2.75) is 18.7 Å². The summed E-state index contributed by atoms with van der Waals surface area (Å²) in [5.74, 6) is -0.614. The van der Waals surface area contributed by atoms with Gasteiger partial charge >= 0.3 is 0 Å². The molecule has 0 saturated heterocycles. The van der Waals surface area contributed by atoms with Crippen LogP contribution in [0.4, 0.5) is 22.7 Å². The quantitative estimate of drug-likeness (QED) is 0.0418. The molecule has 0 unspecified atom stereocenters. The molecule has 4 aromatic carbocycles. The van der Waals surface area contributed by atoms with Crippen molar-refractivity contribution >= 4 is 51.5 Å². The van der Waals surface area contributed by atoms with Gasteiger partial charge in [-0.15, -0.1) is 14.6 Å². The van der Waals surface area contributed by atoms with Gasteiger partial charge < -0.3 is 21.3 Å². The number of azo groups is 1. The molecule has 0 atom stereocenters. The molecule has 0 aliphatic heterocycles. The summed E-state index contributed by atoms with van der Waals surface area (Å²) in [7, 11) is 0. The van der Waals surface area contributed by atoms with Crippen molar-refractivity contribution in [3.05, 3.63) is 77.4 Å². The van der Waals surface area contributed by atoms with Gasteiger partial charge in [-0.05, 0) is 91.0 Å². The third-order valence-electron chi connectivity index (χ3n) is 5.48. The first kappa shape index (κ1) is 27.9. The zero-order valence-electron chi connectivity index (χ0n) is 19.5. The Hall–Kier alpha value is -3.64. The number of hydrogen-bond donors (Lipinski definition) is 5. The molecular weight excluding hydrogens is 548 g/mol. The summed E-state index contributed by atoms with van der Waals surface area (Å²) < 4.78 is 4.57. The molecule has 195 valence electrons. The summed E-state index contributed by atoms with van der Waals surface area (Å²) in [5, 5.41) is 45.5. The molecule has 0 spiro atoms. The number of fused-ring (bicyclic) bond motifs is 1. The Morgan fingerprint density at radius 3 is 2.38 bits per heavy atom. The molecular formula is C25H22CuN4O6S. The molecule has 0 saturated carbocycles. The standard InChI is InChI=1S/C25H22N4O6S.Cu/c1-13-9-20(21(30)10-14(13)2)28-29-23-22(36-35-34-33)12-16-11-18(7-8-19(16)24(23)31)27-25(32)15-3-5-17(26)6-4-15;/h3-12,30-31,33H,26H2,1-2H3,(H,27,32);. The van der Waals surface area contributed by atoms with E-state index in [0.717, 1.165) is 11.1 Å². The minimum absolute atomic E-state index is 0. The first-order valence-corrected chi connectivity index (χ1v) is 11.3. The Labute approximate surface area is 226 Å². The van der Waals surface area contributed by atoms with Crippen LogP contribution >= 0.6 is 12.0 Å². The van der Waals surface area contributed by atoms with Crippen LogP contribution in [0.25, 0.3) is 10.8 Å². The summed E-state index contributed by atoms with van der Waals surface area (Å²) in [6.07, 6.45) is 0. The number of carbonyl (C=O) groups excluding carboxylic acids is 1. The van der Waals surface area contributed by atoms with Crippen molar-refractivity contribution in [3.8, 4) is 11.5 Å². The zero-order valence-corrected chi connectivity index (χ0v) is 21.3. The van der Waals surface area contributed by atoms with Crippen LogP contribution in [0, 0.1) is 13.8 Å². The summed E-state index contributed by atoms with van der Waals surface area (Å²) in [4.78, 5) is 12.8. The van der Waals surface area contributed by atoms with Gasteiger partial charge in [-0.1, -0.05) is 5.04 Å². The maximum absolute atomic E-state index is 12.6. The second kappa shape index (κ2) is 12.1. The van der Waals surface area contributed by atoms with E-state index in [2.05, 4.69) is 24.9 Å². The average molecular weight is 570 g/mol. The fourth-order valence-electron chi connectivity index (χ4n) is 3.45. The molecule has 1 amide bonds. The number of hydrogen-bond acceptors (Lipinski definition) is 10. The van der Waals surface area contributed by atoms with Gasteiger partial charge in [-0.25, -0.2) is 5.26 Å². The number of nitrogens with zero attached hydrogens (tertiary/aromatic N) is 2. The van der Waals surface area contributed by atoms with E-state index in [9.17, 15) is 15.0 Å². The first-order chi connectivity index (χ1) is 17.3. The summed E-state index contributed by atoms with van der Waals surface area (Å²) in [6, 6.07) is 16.3. The van der Waals surface area contributed by atoms with Crippen molar-refractivity contribution in [1.82, 2.24) is 0 Å². The third kappa shape index (κ3) is 6.38. The molecule has 0 aliphatic carbocycles. The topological polar surface area (TPSA) is 159 Å². The number of aromatic hydroxyl groups is 2. The summed E-state index contributed by atoms with van der Waals surface area (Å²) in [5.41, 5.74) is 9.18. The van der Waals surface area contributed by atoms with Crippen LogP contribution in [0.5, 0.6) is 11.5 Å². The number of nitrogen functional groups attached to an aromatic ring is 1. The third-order valence-corrected chi connectivity index (χ3v) is 6.10. The molecule has 10 nitrogen and oxygen atoms in total. The Kier molecular flexibility index (Phi) is 9.11. The number of phenols is 2. The molecule has 0 aliphatic rings. The fourth-order valence-corrected chi connectivity index (χ4v) is 3.94. The average Bonchev–Trinajstić information content (AvgIpc) is 2.85. The van der Waals surface area contributed by atoms with E-state index in [1.165, 1.54) is 0 Å². The molecule has 1 radical (unpaired) electrons. The second-order valence-corrected chi connectivity index (χ2v) is 8.68. The van der Waals surface area contributed by atoms with Gasteiger partial charge in [0.05, 0.1) is 16.9 Å². The van der Waals surface area contributed by atoms with Crippen molar-refractivity contribution < 1.29 is 46.7 Å². The predicted octanol–water partition coefficient (Wildman–Crippen LogP) is 6.54. The minimum Gasteiger partial charge on any atom is -0.506 e. The molecule has 0 bridgehead atoms. The number of phenolic OH excluding ortho intramolecular Hbond substituents is 2. The number of anilines is 2. The SMILES string of the molecule is Cc1cc(O)c(N=Nc2c(SOOO)cc3cc(NC(=O)c4ccc(N)cc4)ccc3c2O)cc1C.[Cu]. The van der Waals surface area contributed by atoms with E-state index in [0.29, 0.717) is 39.8 Å². The van der Waals surface area contributed by atoms with Crippen molar-refractivity contribution in [2.75, 3.05) is 11.1 Å². The van der Waals surface area contributed by atoms with Gasteiger partial charge in [0.1, 0.15) is 17.1 Å². The molecule has 0 heterocycles. The van der Waals surface area contributed by atoms with Gasteiger partial charge in [-0.2, -0.15) is 0 Å². The number of nitrogens with one attached hydrogen (secondary N) is 1. The van der Waals surface area contributed by atoms with Gasteiger partial charge in [0, 0.05) is 39.4 Å². The van der Waals surface area contributed by atoms with Crippen LogP contribution < -0.4 is 11.1 Å². The van der Waals surface area contributed by atoms with Gasteiger partial charge in [0.2, 0.25) is 0 Å². The number of benzene rings is 4. The fraction of sp³-hybridized carbons (Fsp3) is 0.0800. The van der Waals surface area contributed by atoms with Crippen LogP contribution in [0.2, 0.25) is 0 Å². The number of nitrogens with two attached hydrogens (primary N) is 1. The van der Waals surface area contributed by atoms with Crippen molar-refractivity contribution in [1.29, 1.82) is 0 Å². The maximum Gasteiger partial charge on any atom is 0.255 e. The summed E-state index contributed by atoms with van der Waals surface area (Å²) in [6.45, 7) is 3.73. The Balaban J connectivity index is 0.00000380. The van der Waals surface area contributed by atoms with E-state index >= 15 is 0 Å². The molecule has 6 N–H and O–H groups in total. The molecule has 0 fully saturated rings. The van der Waals surface area contributed by atoms with E-state index < -0.39 is 0 Å². The summed E-state index contributed by atoms with van der Waals surface area (Å²) >= 11 is 0.591. The van der Waals surface area contributed by atoms with Crippen LogP contribution in [0.1, 0.15) is 21.5 Å². The molecule has 0 aromatic heterocycles. The molecule has 37 heavy (non-hydrogen) atoms. The minimum atomic E-state index is -0.330. The molecule has 12 heteroatoms. The maximum atomic E-state index is 12.6. The normalized spacial score (nSPS) is 11.0. The van der Waals surface area contributed by atoms with E-state index in [-0.39, 0.29) is 50.7 Å². The number of carbonyl (C=O) groups is 1. The van der Waals surface area contributed by atoms with Crippen molar-refractivity contribution in [3.63, 3.8) is 0 Å². The van der Waals surface area contributed by atoms with Crippen LogP contribution in [-0.4, -0.2) is 21.4 Å². The first-order valence-electron chi connectivity index (χ1n) is 10.6. The Morgan fingerprint density at radius 1 is 0.973 bits per heavy atom. The monoisotopic (exact) mass is 569 g/mol. The number of aryl methyl sites for hydroxylation is 2. The zero-order chi connectivity index (χ0) is 25.8. The predicted molar refractivity (Wildman–Crippen MR) is 137 cm³/mol. The van der Waals surface area contributed by atoms with Crippen LogP contribution in [0.15, 0.2) is 75.8 Å². The largest absolute Gasteiger partial charge is 0.506 e. The van der Waals surface area contributed by atoms with Crippen molar-refractivity contribution in [2.24, 2.45) is 10.2 Å². The Morgan fingerprint density at radius 2 is 1.68 bits per heavy atom. The van der Waals surface area contributed by atoms with E-state index in [4.69, 9.17) is 11.0 Å². The Bertz CT molecular complexity index is 1480. The van der Waals surface area contributed by atoms with Gasteiger partial charge in [0.15, 0.2) is 5.75 Å². The van der Waals surface area contributed by atoms with Gasteiger partial charge in [-0.3, -0.25) is 4.79 Å². The van der Waals surface area contributed by atoms with E-state index in [1.54, 1.807) is 60.7 Å². The number of amides is 1. The molecule has 4 aromatic rings. The van der Waals surface area contributed by atoms with E-state index in [1.807, 2.05) is 13.8 Å². The second-order valence-electron chi connectivity index (χ2n) is 7.94. The van der Waals surface area contributed by atoms with Crippen LogP contribution in [-0.2, 0) is 26.4 Å². The van der Waals surface area contributed by atoms with Gasteiger partial charge in [0.25, 0.3) is 5.91 Å². The smallest absolute Gasteiger partial charge is 0.255 e. The number of rotatable bonds is 7.